The van der Waals surface area contributed by atoms with Crippen LogP contribution in [0.1, 0.15) is 16.8 Å². The average molecular weight is 323 g/mol. The van der Waals surface area contributed by atoms with Crippen LogP contribution in [0.15, 0.2) is 35.1 Å². The standard InChI is InChI=1S/C18H21N5O/c1-14-16(7-8-19)17(24)21-18(20-14)23-11-9-22(10-12-23)13-15-5-3-2-4-6-15/h2-6H,7,9-13H2,1H3,(H,20,21,24). The Balaban J connectivity index is 1.65. The predicted molar refractivity (Wildman–Crippen MR) is 92.8 cm³/mol. The highest BCUT2D eigenvalue weighted by Gasteiger charge is 2.20. The van der Waals surface area contributed by atoms with Crippen molar-refractivity contribution >= 4 is 5.95 Å². The summed E-state index contributed by atoms with van der Waals surface area (Å²) in [4.78, 5) is 23.9. The molecule has 0 saturated carbocycles. The molecule has 1 aliphatic rings. The molecule has 0 amide bonds. The third-order valence-corrected chi connectivity index (χ3v) is 4.39. The molecule has 6 heteroatoms. The minimum atomic E-state index is -0.203. The van der Waals surface area contributed by atoms with E-state index in [1.807, 2.05) is 12.1 Å². The van der Waals surface area contributed by atoms with Crippen molar-refractivity contribution in [2.75, 3.05) is 31.1 Å². The van der Waals surface area contributed by atoms with Gasteiger partial charge in [-0.2, -0.15) is 5.26 Å². The molecule has 124 valence electrons. The largest absolute Gasteiger partial charge is 0.340 e. The summed E-state index contributed by atoms with van der Waals surface area (Å²) in [5.74, 6) is 0.610. The highest BCUT2D eigenvalue weighted by molar-refractivity contribution is 5.34. The van der Waals surface area contributed by atoms with Crippen LogP contribution < -0.4 is 10.5 Å². The number of aryl methyl sites for hydroxylation is 1. The molecule has 1 N–H and O–H groups in total. The van der Waals surface area contributed by atoms with E-state index >= 15 is 0 Å². The summed E-state index contributed by atoms with van der Waals surface area (Å²) in [7, 11) is 0. The lowest BCUT2D eigenvalue weighted by atomic mass is 10.2. The Kier molecular flexibility index (Phi) is 4.92. The Morgan fingerprint density at radius 3 is 2.54 bits per heavy atom. The van der Waals surface area contributed by atoms with Gasteiger partial charge >= 0.3 is 0 Å². The molecule has 1 aromatic heterocycles. The first-order chi connectivity index (χ1) is 11.7. The van der Waals surface area contributed by atoms with Gasteiger partial charge in [-0.1, -0.05) is 30.3 Å². The van der Waals surface area contributed by atoms with Crippen molar-refractivity contribution in [2.45, 2.75) is 19.9 Å². The fraction of sp³-hybridized carbons (Fsp3) is 0.389. The number of benzene rings is 1. The Labute approximate surface area is 141 Å². The van der Waals surface area contributed by atoms with Gasteiger partial charge in [-0.15, -0.1) is 0 Å². The van der Waals surface area contributed by atoms with E-state index in [-0.39, 0.29) is 12.0 Å². The molecule has 0 unspecified atom stereocenters. The topological polar surface area (TPSA) is 76.0 Å². The molecule has 0 aliphatic carbocycles. The van der Waals surface area contributed by atoms with Crippen molar-refractivity contribution in [3.05, 3.63) is 57.5 Å². The number of piperazine rings is 1. The SMILES string of the molecule is Cc1nc(N2CCN(Cc3ccccc3)CC2)[nH]c(=O)c1CC#N. The second kappa shape index (κ2) is 7.28. The van der Waals surface area contributed by atoms with Crippen molar-refractivity contribution in [1.82, 2.24) is 14.9 Å². The highest BCUT2D eigenvalue weighted by atomic mass is 16.1. The van der Waals surface area contributed by atoms with Crippen molar-refractivity contribution in [3.8, 4) is 6.07 Å². The maximum Gasteiger partial charge on any atom is 0.256 e. The fourth-order valence-corrected chi connectivity index (χ4v) is 2.99. The average Bonchev–Trinajstić information content (AvgIpc) is 2.59. The first-order valence-electron chi connectivity index (χ1n) is 8.15. The molecule has 1 fully saturated rings. The number of hydrogen-bond donors (Lipinski definition) is 1. The lowest BCUT2D eigenvalue weighted by Gasteiger charge is -2.35. The van der Waals surface area contributed by atoms with Gasteiger partial charge in [0, 0.05) is 32.7 Å². The van der Waals surface area contributed by atoms with E-state index in [4.69, 9.17) is 5.26 Å². The molecule has 1 aliphatic heterocycles. The molecule has 0 spiro atoms. The number of nitriles is 1. The highest BCUT2D eigenvalue weighted by Crippen LogP contribution is 2.13. The monoisotopic (exact) mass is 323 g/mol. The van der Waals surface area contributed by atoms with Crippen LogP contribution >= 0.6 is 0 Å². The first kappa shape index (κ1) is 16.2. The van der Waals surface area contributed by atoms with Gasteiger partial charge in [0.1, 0.15) is 0 Å². The van der Waals surface area contributed by atoms with Crippen LogP contribution in [0.5, 0.6) is 0 Å². The van der Waals surface area contributed by atoms with E-state index in [0.717, 1.165) is 32.7 Å². The number of nitrogens with one attached hydrogen (secondary N) is 1. The summed E-state index contributed by atoms with van der Waals surface area (Å²) in [6.45, 7) is 6.24. The van der Waals surface area contributed by atoms with Gasteiger partial charge in [0.15, 0.2) is 0 Å². The van der Waals surface area contributed by atoms with Crippen LogP contribution in [-0.4, -0.2) is 41.0 Å². The molecule has 2 heterocycles. The van der Waals surface area contributed by atoms with E-state index in [9.17, 15) is 4.79 Å². The zero-order valence-corrected chi connectivity index (χ0v) is 13.8. The van der Waals surface area contributed by atoms with Gasteiger partial charge in [0.05, 0.1) is 23.7 Å². The van der Waals surface area contributed by atoms with Crippen molar-refractivity contribution in [3.63, 3.8) is 0 Å². The Hall–Kier alpha value is -2.65. The summed E-state index contributed by atoms with van der Waals surface area (Å²) >= 11 is 0. The number of H-pyrrole nitrogens is 1. The van der Waals surface area contributed by atoms with E-state index < -0.39 is 0 Å². The smallest absolute Gasteiger partial charge is 0.256 e. The van der Waals surface area contributed by atoms with Gasteiger partial charge in [0.2, 0.25) is 5.95 Å². The molecular formula is C18H21N5O. The van der Waals surface area contributed by atoms with Crippen LogP contribution in [0.3, 0.4) is 0 Å². The van der Waals surface area contributed by atoms with Gasteiger partial charge in [0.25, 0.3) is 5.56 Å². The molecule has 6 nitrogen and oxygen atoms in total. The summed E-state index contributed by atoms with van der Waals surface area (Å²) in [5, 5.41) is 8.79. The molecule has 3 rings (SSSR count). The molecule has 0 atom stereocenters. The number of rotatable bonds is 4. The van der Waals surface area contributed by atoms with Gasteiger partial charge < -0.3 is 4.90 Å². The van der Waals surface area contributed by atoms with Gasteiger partial charge in [-0.05, 0) is 12.5 Å². The summed E-state index contributed by atoms with van der Waals surface area (Å²) in [5.41, 5.74) is 2.21. The number of anilines is 1. The quantitative estimate of drug-likeness (QED) is 0.922. The summed E-state index contributed by atoms with van der Waals surface area (Å²) in [6, 6.07) is 12.4. The van der Waals surface area contributed by atoms with E-state index in [1.165, 1.54) is 5.56 Å². The Morgan fingerprint density at radius 2 is 1.92 bits per heavy atom. The second-order valence-electron chi connectivity index (χ2n) is 6.04. The van der Waals surface area contributed by atoms with Crippen LogP contribution in [0.25, 0.3) is 0 Å². The van der Waals surface area contributed by atoms with Crippen LogP contribution in [0, 0.1) is 18.3 Å². The Morgan fingerprint density at radius 1 is 1.21 bits per heavy atom. The minimum Gasteiger partial charge on any atom is -0.340 e. The third kappa shape index (κ3) is 3.63. The van der Waals surface area contributed by atoms with Crippen molar-refractivity contribution < 1.29 is 0 Å². The van der Waals surface area contributed by atoms with Crippen molar-refractivity contribution in [2.24, 2.45) is 0 Å². The maximum absolute atomic E-state index is 12.1. The minimum absolute atomic E-state index is 0.0965. The number of aromatic amines is 1. The molecular weight excluding hydrogens is 302 g/mol. The van der Waals surface area contributed by atoms with Crippen molar-refractivity contribution in [1.29, 1.82) is 5.26 Å². The fourth-order valence-electron chi connectivity index (χ4n) is 2.99. The third-order valence-electron chi connectivity index (χ3n) is 4.39. The number of aromatic nitrogens is 2. The molecule has 24 heavy (non-hydrogen) atoms. The lowest BCUT2D eigenvalue weighted by molar-refractivity contribution is 0.248. The van der Waals surface area contributed by atoms with E-state index in [0.29, 0.717) is 17.2 Å². The van der Waals surface area contributed by atoms with Gasteiger partial charge in [-0.3, -0.25) is 14.7 Å². The molecule has 2 aromatic rings. The summed E-state index contributed by atoms with van der Waals surface area (Å²) in [6.07, 6.45) is 0.0965. The zero-order valence-electron chi connectivity index (χ0n) is 13.8. The number of hydrogen-bond acceptors (Lipinski definition) is 5. The molecule has 0 bridgehead atoms. The Bertz CT molecular complexity index is 785. The van der Waals surface area contributed by atoms with E-state index in [2.05, 4.69) is 44.0 Å². The predicted octanol–water partition coefficient (Wildman–Crippen LogP) is 1.47. The first-order valence-corrected chi connectivity index (χ1v) is 8.15. The second-order valence-corrected chi connectivity index (χ2v) is 6.04. The van der Waals surface area contributed by atoms with Crippen LogP contribution in [0.4, 0.5) is 5.95 Å². The van der Waals surface area contributed by atoms with Crippen LogP contribution in [-0.2, 0) is 13.0 Å². The van der Waals surface area contributed by atoms with Gasteiger partial charge in [-0.25, -0.2) is 4.98 Å². The lowest BCUT2D eigenvalue weighted by Crippen LogP contribution is -2.47. The molecule has 1 aromatic carbocycles. The number of nitrogens with zero attached hydrogens (tertiary/aromatic N) is 4. The van der Waals surface area contributed by atoms with E-state index in [1.54, 1.807) is 6.92 Å². The molecule has 0 radical (unpaired) electrons. The van der Waals surface area contributed by atoms with Crippen LogP contribution in [0.2, 0.25) is 0 Å². The maximum atomic E-state index is 12.1. The summed E-state index contributed by atoms with van der Waals surface area (Å²) < 4.78 is 0. The molecule has 1 saturated heterocycles. The normalized spacial score (nSPS) is 15.2. The zero-order chi connectivity index (χ0) is 16.9.